The molecule has 0 saturated carbocycles. The number of aldehydes is 1. The lowest BCUT2D eigenvalue weighted by Crippen LogP contribution is -2.33. The van der Waals surface area contributed by atoms with E-state index >= 15 is 0 Å². The van der Waals surface area contributed by atoms with Gasteiger partial charge in [0.05, 0.1) is 24.6 Å². The topological polar surface area (TPSA) is 102 Å². The van der Waals surface area contributed by atoms with Gasteiger partial charge in [0.25, 0.3) is 0 Å². The van der Waals surface area contributed by atoms with Gasteiger partial charge in [0.15, 0.2) is 0 Å². The summed E-state index contributed by atoms with van der Waals surface area (Å²) in [5, 5.41) is 19.2. The predicted octanol–water partition coefficient (Wildman–Crippen LogP) is 7.49. The maximum Gasteiger partial charge on any atom is 0.446 e. The number of hydrogen-bond donors (Lipinski definition) is 2. The van der Waals surface area contributed by atoms with Crippen molar-refractivity contribution in [2.45, 2.75) is 65.6 Å². The van der Waals surface area contributed by atoms with Crippen LogP contribution in [0, 0.1) is 0 Å². The minimum absolute atomic E-state index is 0. The van der Waals surface area contributed by atoms with Crippen LogP contribution in [0.15, 0.2) is 69.9 Å². The highest BCUT2D eigenvalue weighted by molar-refractivity contribution is 9.10. The van der Waals surface area contributed by atoms with Crippen LogP contribution in [0.1, 0.15) is 46.8 Å². The lowest BCUT2D eigenvalue weighted by atomic mass is 10.1. The molecule has 0 atom stereocenters. The molecule has 0 radical (unpaired) electrons. The second-order valence-corrected chi connectivity index (χ2v) is 12.4. The zero-order valence-electron chi connectivity index (χ0n) is 24.1. The number of aliphatic hydroxyl groups is 2. The lowest BCUT2D eigenvalue weighted by molar-refractivity contribution is -0.156. The summed E-state index contributed by atoms with van der Waals surface area (Å²) in [6.45, 7) is 9.57. The fourth-order valence-electron chi connectivity index (χ4n) is 4.23. The molecule has 13 heteroatoms. The molecular formula is C31H37Br2F3N4O4. The van der Waals surface area contributed by atoms with Crippen molar-refractivity contribution in [1.82, 2.24) is 19.1 Å². The van der Waals surface area contributed by atoms with Gasteiger partial charge in [-0.1, -0.05) is 63.6 Å². The van der Waals surface area contributed by atoms with E-state index in [0.29, 0.717) is 12.4 Å². The number of aliphatic hydroxyl groups excluding tert-OH is 1. The predicted molar refractivity (Wildman–Crippen MR) is 171 cm³/mol. The molecule has 1 aliphatic rings. The SMILES string of the molecule is C.CC(C)(O)c1nc(-c2ccc(Br)cc2)cn1CCO.CC1(C)OCCn2cc(-c3ccc(Br)cc3)nc21.O=CC(F)(F)F. The zero-order chi connectivity index (χ0) is 32.0. The Morgan fingerprint density at radius 3 is 1.84 bits per heavy atom. The van der Waals surface area contributed by atoms with Crippen LogP contribution in [0.3, 0.4) is 0 Å². The minimum atomic E-state index is -4.64. The summed E-state index contributed by atoms with van der Waals surface area (Å²) in [4.78, 5) is 17.9. The van der Waals surface area contributed by atoms with Crippen molar-refractivity contribution >= 4 is 38.1 Å². The number of fused-ring (bicyclic) bond motifs is 1. The van der Waals surface area contributed by atoms with Gasteiger partial charge in [-0.05, 0) is 52.0 Å². The number of ether oxygens (including phenoxy) is 1. The third-order valence-corrected chi connectivity index (χ3v) is 7.25. The highest BCUT2D eigenvalue weighted by Crippen LogP contribution is 2.31. The van der Waals surface area contributed by atoms with E-state index in [1.165, 1.54) is 0 Å². The summed E-state index contributed by atoms with van der Waals surface area (Å²) in [7, 11) is 0. The number of rotatable bonds is 5. The number of benzene rings is 2. The Bertz CT molecular complexity index is 1490. The first-order valence-corrected chi connectivity index (χ1v) is 14.8. The maximum atomic E-state index is 10.4. The standard InChI is InChI=1S/C14H17BrN2O2.C14H15BrN2O.C2HF3O.CH4/c1-14(2,19)13-16-12(9-17(13)7-8-18)10-3-5-11(15)6-4-10;1-14(2)13-16-12(9-17(13)7-8-18-14)10-3-5-11(15)6-4-10;3-2(4,5)1-6;/h3-6,9,18-19H,7-8H2,1-2H3;3-6,9H,7-8H2,1-2H3;1H;1H4. The van der Waals surface area contributed by atoms with E-state index in [0.717, 1.165) is 50.4 Å². The van der Waals surface area contributed by atoms with Crippen LogP contribution in [-0.4, -0.2) is 55.0 Å². The van der Waals surface area contributed by atoms with E-state index in [2.05, 4.69) is 73.6 Å². The van der Waals surface area contributed by atoms with Crippen molar-refractivity contribution in [3.05, 3.63) is 81.5 Å². The van der Waals surface area contributed by atoms with Gasteiger partial charge in [-0.15, -0.1) is 0 Å². The van der Waals surface area contributed by atoms with Crippen molar-refractivity contribution in [3.63, 3.8) is 0 Å². The van der Waals surface area contributed by atoms with Crippen LogP contribution in [0.5, 0.6) is 0 Å². The summed E-state index contributed by atoms with van der Waals surface area (Å²) in [5.41, 5.74) is 2.57. The number of alkyl halides is 3. The van der Waals surface area contributed by atoms with Gasteiger partial charge in [0, 0.05) is 45.6 Å². The largest absolute Gasteiger partial charge is 0.446 e. The summed E-state index contributed by atoms with van der Waals surface area (Å²) in [6.07, 6.45) is -1.73. The van der Waals surface area contributed by atoms with Crippen molar-refractivity contribution in [1.29, 1.82) is 0 Å². The highest BCUT2D eigenvalue weighted by atomic mass is 79.9. The molecule has 0 aliphatic carbocycles. The number of carbonyl (C=O) groups excluding carboxylic acids is 1. The molecule has 0 unspecified atom stereocenters. The highest BCUT2D eigenvalue weighted by Gasteiger charge is 2.31. The molecule has 0 fully saturated rings. The van der Waals surface area contributed by atoms with Crippen LogP contribution in [0.2, 0.25) is 0 Å². The Morgan fingerprint density at radius 1 is 0.955 bits per heavy atom. The van der Waals surface area contributed by atoms with Gasteiger partial charge in [0.2, 0.25) is 6.29 Å². The number of aromatic nitrogens is 4. The van der Waals surface area contributed by atoms with Crippen LogP contribution < -0.4 is 0 Å². The third-order valence-electron chi connectivity index (χ3n) is 6.19. The monoisotopic (exact) mass is 744 g/mol. The molecular weight excluding hydrogens is 709 g/mol. The average Bonchev–Trinajstić information content (AvgIpc) is 3.56. The minimum Gasteiger partial charge on any atom is -0.395 e. The summed E-state index contributed by atoms with van der Waals surface area (Å²) < 4.78 is 43.1. The Morgan fingerprint density at radius 2 is 1.43 bits per heavy atom. The third kappa shape index (κ3) is 10.4. The van der Waals surface area contributed by atoms with Crippen molar-refractivity contribution in [3.8, 4) is 22.5 Å². The first-order chi connectivity index (χ1) is 20.0. The maximum absolute atomic E-state index is 10.4. The van der Waals surface area contributed by atoms with Crippen LogP contribution in [-0.2, 0) is 33.8 Å². The second-order valence-electron chi connectivity index (χ2n) is 10.6. The first-order valence-electron chi connectivity index (χ1n) is 13.2. The number of imidazole rings is 2. The first kappa shape index (κ1) is 37.3. The summed E-state index contributed by atoms with van der Waals surface area (Å²) in [5.74, 6) is 1.56. The quantitative estimate of drug-likeness (QED) is 0.205. The Balaban J connectivity index is 0.000000255. The molecule has 0 amide bonds. The molecule has 0 saturated heterocycles. The van der Waals surface area contributed by atoms with Gasteiger partial charge in [0.1, 0.15) is 22.9 Å². The van der Waals surface area contributed by atoms with E-state index in [1.807, 2.05) is 42.6 Å². The Kier molecular flexibility index (Phi) is 13.1. The van der Waals surface area contributed by atoms with E-state index in [4.69, 9.17) is 19.6 Å². The Hall–Kier alpha value is -2.84. The molecule has 3 heterocycles. The van der Waals surface area contributed by atoms with Crippen LogP contribution in [0.4, 0.5) is 13.2 Å². The fourth-order valence-corrected chi connectivity index (χ4v) is 4.76. The molecule has 4 aromatic rings. The Labute approximate surface area is 272 Å². The molecule has 1 aliphatic heterocycles. The van der Waals surface area contributed by atoms with E-state index < -0.39 is 18.1 Å². The van der Waals surface area contributed by atoms with Crippen LogP contribution >= 0.6 is 31.9 Å². The summed E-state index contributed by atoms with van der Waals surface area (Å²) >= 11 is 6.84. The van der Waals surface area contributed by atoms with E-state index in [9.17, 15) is 18.3 Å². The second kappa shape index (κ2) is 15.4. The van der Waals surface area contributed by atoms with Gasteiger partial charge >= 0.3 is 6.18 Å². The molecule has 2 N–H and O–H groups in total. The molecule has 5 rings (SSSR count). The van der Waals surface area contributed by atoms with Gasteiger partial charge in [-0.3, -0.25) is 4.79 Å². The molecule has 8 nitrogen and oxygen atoms in total. The molecule has 240 valence electrons. The van der Waals surface area contributed by atoms with Gasteiger partial charge < -0.3 is 24.1 Å². The number of halogens is 5. The summed E-state index contributed by atoms with van der Waals surface area (Å²) in [6, 6.07) is 16.0. The van der Waals surface area contributed by atoms with E-state index in [-0.39, 0.29) is 19.6 Å². The van der Waals surface area contributed by atoms with Crippen LogP contribution in [0.25, 0.3) is 22.5 Å². The normalized spacial score (nSPS) is 13.8. The van der Waals surface area contributed by atoms with Crippen molar-refractivity contribution < 1.29 is 32.9 Å². The number of hydrogen-bond acceptors (Lipinski definition) is 6. The van der Waals surface area contributed by atoms with E-state index in [1.54, 1.807) is 18.4 Å². The molecule has 2 aromatic heterocycles. The fraction of sp³-hybridized carbons (Fsp3) is 0.387. The van der Waals surface area contributed by atoms with Gasteiger partial charge in [-0.2, -0.15) is 13.2 Å². The average molecular weight is 746 g/mol. The van der Waals surface area contributed by atoms with Crippen molar-refractivity contribution in [2.24, 2.45) is 0 Å². The molecule has 44 heavy (non-hydrogen) atoms. The number of carbonyl (C=O) groups is 1. The molecule has 2 aromatic carbocycles. The van der Waals surface area contributed by atoms with Gasteiger partial charge in [-0.25, -0.2) is 9.97 Å². The molecule has 0 bridgehead atoms. The number of nitrogens with zero attached hydrogens (tertiary/aromatic N) is 4. The smallest absolute Gasteiger partial charge is 0.395 e. The molecule has 0 spiro atoms. The zero-order valence-corrected chi connectivity index (χ0v) is 27.2. The lowest BCUT2D eigenvalue weighted by Gasteiger charge is -2.30. The van der Waals surface area contributed by atoms with Crippen molar-refractivity contribution in [2.75, 3.05) is 13.2 Å².